The first-order valence-electron chi connectivity index (χ1n) is 6.55. The third-order valence-electron chi connectivity index (χ3n) is 3.45. The minimum Gasteiger partial charge on any atom is -0.508 e. The third kappa shape index (κ3) is 2.99. The van der Waals surface area contributed by atoms with Crippen molar-refractivity contribution in [3.05, 3.63) is 29.8 Å². The molecule has 2 N–H and O–H groups in total. The van der Waals surface area contributed by atoms with Crippen LogP contribution in [0, 0.1) is 0 Å². The first-order chi connectivity index (χ1) is 8.33. The molecule has 1 aromatic carbocycles. The van der Waals surface area contributed by atoms with Gasteiger partial charge in [0.2, 0.25) is 0 Å². The first kappa shape index (κ1) is 12.4. The Kier molecular flexibility index (Phi) is 4.40. The average Bonchev–Trinajstić information content (AvgIpc) is 2.38. The van der Waals surface area contributed by atoms with Gasteiger partial charge in [-0.05, 0) is 12.5 Å². The van der Waals surface area contributed by atoms with E-state index in [9.17, 15) is 5.11 Å². The van der Waals surface area contributed by atoms with Gasteiger partial charge in [-0.1, -0.05) is 31.5 Å². The SMILES string of the molecule is CCC[C@@H](c1ccccc1O)N1CCNCC1. The van der Waals surface area contributed by atoms with Gasteiger partial charge in [0.25, 0.3) is 0 Å². The largest absolute Gasteiger partial charge is 0.508 e. The lowest BCUT2D eigenvalue weighted by Gasteiger charge is -2.35. The summed E-state index contributed by atoms with van der Waals surface area (Å²) in [5, 5.41) is 13.4. The molecule has 0 aromatic heterocycles. The molecule has 1 atom stereocenters. The van der Waals surface area contributed by atoms with Gasteiger partial charge in [-0.15, -0.1) is 0 Å². The van der Waals surface area contributed by atoms with Crippen LogP contribution in [0.2, 0.25) is 0 Å². The molecule has 3 heteroatoms. The van der Waals surface area contributed by atoms with E-state index in [1.807, 2.05) is 12.1 Å². The van der Waals surface area contributed by atoms with E-state index in [0.29, 0.717) is 11.8 Å². The number of benzene rings is 1. The summed E-state index contributed by atoms with van der Waals surface area (Å²) in [6.45, 7) is 6.44. The van der Waals surface area contributed by atoms with Crippen molar-refractivity contribution in [1.29, 1.82) is 0 Å². The van der Waals surface area contributed by atoms with Crippen LogP contribution in [0.5, 0.6) is 5.75 Å². The molecule has 0 radical (unpaired) electrons. The number of nitrogens with one attached hydrogen (secondary N) is 1. The minimum absolute atomic E-state index is 0.364. The van der Waals surface area contributed by atoms with Gasteiger partial charge < -0.3 is 10.4 Å². The fourth-order valence-corrected chi connectivity index (χ4v) is 2.57. The Labute approximate surface area is 103 Å². The number of rotatable bonds is 4. The van der Waals surface area contributed by atoms with Gasteiger partial charge in [0, 0.05) is 37.8 Å². The number of phenols is 1. The molecular weight excluding hydrogens is 212 g/mol. The standard InChI is InChI=1S/C14H22N2O/c1-2-5-13(16-10-8-15-9-11-16)12-6-3-4-7-14(12)17/h3-4,6-7,13,15,17H,2,5,8-11H2,1H3/t13-/m0/s1. The molecular formula is C14H22N2O. The summed E-state index contributed by atoms with van der Waals surface area (Å²) in [5.41, 5.74) is 1.08. The number of nitrogens with zero attached hydrogens (tertiary/aromatic N) is 1. The van der Waals surface area contributed by atoms with Crippen molar-refractivity contribution in [2.45, 2.75) is 25.8 Å². The molecule has 0 saturated carbocycles. The van der Waals surface area contributed by atoms with E-state index in [1.54, 1.807) is 6.07 Å². The van der Waals surface area contributed by atoms with Crippen molar-refractivity contribution >= 4 is 0 Å². The summed E-state index contributed by atoms with van der Waals surface area (Å²) in [6, 6.07) is 8.11. The van der Waals surface area contributed by atoms with Crippen molar-refractivity contribution in [1.82, 2.24) is 10.2 Å². The fourth-order valence-electron chi connectivity index (χ4n) is 2.57. The summed E-state index contributed by atoms with van der Waals surface area (Å²) in [6.07, 6.45) is 2.25. The molecule has 0 bridgehead atoms. The van der Waals surface area contributed by atoms with Crippen molar-refractivity contribution in [3.8, 4) is 5.75 Å². The molecule has 0 spiro atoms. The first-order valence-corrected chi connectivity index (χ1v) is 6.55. The molecule has 1 fully saturated rings. The Morgan fingerprint density at radius 2 is 2.00 bits per heavy atom. The molecule has 0 aliphatic carbocycles. The maximum atomic E-state index is 10.00. The van der Waals surface area contributed by atoms with Crippen LogP contribution in [0.1, 0.15) is 31.4 Å². The summed E-state index contributed by atoms with van der Waals surface area (Å²) in [5.74, 6) is 0.435. The van der Waals surface area contributed by atoms with Crippen molar-refractivity contribution in [2.24, 2.45) is 0 Å². The normalized spacial score (nSPS) is 19.1. The maximum Gasteiger partial charge on any atom is 0.120 e. The molecule has 2 rings (SSSR count). The third-order valence-corrected chi connectivity index (χ3v) is 3.45. The van der Waals surface area contributed by atoms with Crippen LogP contribution in [-0.4, -0.2) is 36.2 Å². The number of hydrogen-bond donors (Lipinski definition) is 2. The molecule has 1 heterocycles. The van der Waals surface area contributed by atoms with Gasteiger partial charge >= 0.3 is 0 Å². The monoisotopic (exact) mass is 234 g/mol. The van der Waals surface area contributed by atoms with Gasteiger partial charge in [-0.3, -0.25) is 4.90 Å². The zero-order valence-electron chi connectivity index (χ0n) is 10.5. The second-order valence-corrected chi connectivity index (χ2v) is 4.65. The van der Waals surface area contributed by atoms with Crippen molar-refractivity contribution in [2.75, 3.05) is 26.2 Å². The lowest BCUT2D eigenvalue weighted by atomic mass is 9.99. The molecule has 1 aromatic rings. The van der Waals surface area contributed by atoms with E-state index >= 15 is 0 Å². The highest BCUT2D eigenvalue weighted by Gasteiger charge is 2.23. The zero-order valence-corrected chi connectivity index (χ0v) is 10.5. The topological polar surface area (TPSA) is 35.5 Å². The predicted molar refractivity (Wildman–Crippen MR) is 70.2 cm³/mol. The summed E-state index contributed by atoms with van der Waals surface area (Å²) < 4.78 is 0. The van der Waals surface area contributed by atoms with E-state index in [0.717, 1.165) is 44.6 Å². The molecule has 1 saturated heterocycles. The second-order valence-electron chi connectivity index (χ2n) is 4.65. The van der Waals surface area contributed by atoms with Crippen LogP contribution >= 0.6 is 0 Å². The lowest BCUT2D eigenvalue weighted by Crippen LogP contribution is -2.45. The van der Waals surface area contributed by atoms with Crippen molar-refractivity contribution < 1.29 is 5.11 Å². The Morgan fingerprint density at radius 1 is 1.29 bits per heavy atom. The number of hydrogen-bond acceptors (Lipinski definition) is 3. The highest BCUT2D eigenvalue weighted by molar-refractivity contribution is 5.34. The minimum atomic E-state index is 0.364. The number of aromatic hydroxyl groups is 1. The van der Waals surface area contributed by atoms with Crippen LogP contribution < -0.4 is 5.32 Å². The smallest absolute Gasteiger partial charge is 0.120 e. The van der Waals surface area contributed by atoms with E-state index in [4.69, 9.17) is 0 Å². The number of phenolic OH excluding ortho intramolecular Hbond substituents is 1. The molecule has 94 valence electrons. The van der Waals surface area contributed by atoms with Crippen LogP contribution in [-0.2, 0) is 0 Å². The van der Waals surface area contributed by atoms with E-state index < -0.39 is 0 Å². The van der Waals surface area contributed by atoms with Crippen LogP contribution in [0.3, 0.4) is 0 Å². The molecule has 0 amide bonds. The van der Waals surface area contributed by atoms with Gasteiger partial charge in [0.15, 0.2) is 0 Å². The van der Waals surface area contributed by atoms with Gasteiger partial charge in [-0.25, -0.2) is 0 Å². The lowest BCUT2D eigenvalue weighted by molar-refractivity contribution is 0.162. The highest BCUT2D eigenvalue weighted by Crippen LogP contribution is 2.31. The summed E-state index contributed by atoms with van der Waals surface area (Å²) >= 11 is 0. The molecule has 17 heavy (non-hydrogen) atoms. The molecule has 0 unspecified atom stereocenters. The molecule has 1 aliphatic rings. The number of para-hydroxylation sites is 1. The second kappa shape index (κ2) is 6.03. The number of piperazine rings is 1. The Balaban J connectivity index is 2.18. The Bertz CT molecular complexity index is 348. The summed E-state index contributed by atoms with van der Waals surface area (Å²) in [7, 11) is 0. The Morgan fingerprint density at radius 3 is 2.65 bits per heavy atom. The van der Waals surface area contributed by atoms with Gasteiger partial charge in [0.1, 0.15) is 5.75 Å². The fraction of sp³-hybridized carbons (Fsp3) is 0.571. The zero-order chi connectivity index (χ0) is 12.1. The summed E-state index contributed by atoms with van der Waals surface area (Å²) in [4.78, 5) is 2.48. The Hall–Kier alpha value is -1.06. The van der Waals surface area contributed by atoms with Crippen LogP contribution in [0.25, 0.3) is 0 Å². The van der Waals surface area contributed by atoms with Crippen molar-refractivity contribution in [3.63, 3.8) is 0 Å². The van der Waals surface area contributed by atoms with E-state index in [2.05, 4.69) is 23.2 Å². The van der Waals surface area contributed by atoms with Crippen LogP contribution in [0.15, 0.2) is 24.3 Å². The van der Waals surface area contributed by atoms with Crippen LogP contribution in [0.4, 0.5) is 0 Å². The van der Waals surface area contributed by atoms with Gasteiger partial charge in [0.05, 0.1) is 0 Å². The molecule has 1 aliphatic heterocycles. The van der Waals surface area contributed by atoms with E-state index in [-0.39, 0.29) is 0 Å². The maximum absolute atomic E-state index is 10.00. The predicted octanol–water partition coefficient (Wildman–Crippen LogP) is 2.14. The average molecular weight is 234 g/mol. The quantitative estimate of drug-likeness (QED) is 0.838. The van der Waals surface area contributed by atoms with E-state index in [1.165, 1.54) is 0 Å². The van der Waals surface area contributed by atoms with Gasteiger partial charge in [-0.2, -0.15) is 0 Å². The highest BCUT2D eigenvalue weighted by atomic mass is 16.3. The molecule has 3 nitrogen and oxygen atoms in total.